The van der Waals surface area contributed by atoms with E-state index in [4.69, 9.17) is 0 Å². The van der Waals surface area contributed by atoms with Gasteiger partial charge in [0.2, 0.25) is 5.91 Å². The Bertz CT molecular complexity index is 1520. The molecule has 0 aliphatic heterocycles. The number of nitrogens with one attached hydrogen (secondary N) is 1. The third-order valence-electron chi connectivity index (χ3n) is 5.96. The Morgan fingerprint density at radius 1 is 1.00 bits per heavy atom. The van der Waals surface area contributed by atoms with Crippen molar-refractivity contribution in [1.29, 1.82) is 0 Å². The zero-order chi connectivity index (χ0) is 23.5. The Labute approximate surface area is 196 Å². The maximum Gasteiger partial charge on any atom is 0.293 e. The number of nitrogens with zero attached hydrogens (tertiary/aromatic N) is 4. The predicted octanol–water partition coefficient (Wildman–Crippen LogP) is 3.85. The van der Waals surface area contributed by atoms with Gasteiger partial charge in [-0.15, -0.1) is 0 Å². The van der Waals surface area contributed by atoms with E-state index in [1.165, 1.54) is 21.1 Å². The highest BCUT2D eigenvalue weighted by atomic mass is 16.2. The number of rotatable bonds is 7. The summed E-state index contributed by atoms with van der Waals surface area (Å²) in [7, 11) is 0. The number of aromatic nitrogens is 4. The van der Waals surface area contributed by atoms with Crippen LogP contribution in [0.4, 0.5) is 0 Å². The molecule has 0 spiro atoms. The van der Waals surface area contributed by atoms with Gasteiger partial charge in [-0.25, -0.2) is 9.20 Å². The molecular weight excluding hydrogens is 426 g/mol. The fraction of sp³-hybridized carbons (Fsp3) is 0.185. The molecular formula is C27H25N5O2. The summed E-state index contributed by atoms with van der Waals surface area (Å²) in [5, 5.41) is 13.8. The lowest BCUT2D eigenvalue weighted by molar-refractivity contribution is -0.122. The molecule has 0 fully saturated rings. The number of carbonyl (C=O) groups is 1. The van der Waals surface area contributed by atoms with Gasteiger partial charge in [0.15, 0.2) is 0 Å². The molecule has 0 saturated heterocycles. The minimum Gasteiger partial charge on any atom is -0.352 e. The average molecular weight is 452 g/mol. The Balaban J connectivity index is 1.32. The van der Waals surface area contributed by atoms with Crippen molar-refractivity contribution in [3.8, 4) is 11.3 Å². The Hall–Kier alpha value is -4.26. The Morgan fingerprint density at radius 3 is 2.62 bits per heavy atom. The number of carbonyl (C=O) groups excluding carboxylic acids is 1. The second kappa shape index (κ2) is 9.31. The molecule has 1 unspecified atom stereocenters. The highest BCUT2D eigenvalue weighted by Crippen LogP contribution is 2.27. The lowest BCUT2D eigenvalue weighted by atomic mass is 10.0. The van der Waals surface area contributed by atoms with Crippen molar-refractivity contribution < 1.29 is 4.79 Å². The number of aryl methyl sites for hydroxylation is 1. The molecule has 5 aromatic rings. The standard InChI is InChI=1S/C27H25N5O2/c1-19(14-15-20-8-3-2-4-9-20)29-26(33)17-31-27(34)25-16-24(30-32(25)18-28-31)23-13-7-11-21-10-5-6-12-22(21)23/h2-13,16,18-19H,14-15,17H2,1H3,(H,29,33). The van der Waals surface area contributed by atoms with Crippen LogP contribution in [0.5, 0.6) is 0 Å². The highest BCUT2D eigenvalue weighted by Gasteiger charge is 2.15. The second-order valence-corrected chi connectivity index (χ2v) is 8.47. The van der Waals surface area contributed by atoms with Crippen LogP contribution in [0.1, 0.15) is 18.9 Å². The second-order valence-electron chi connectivity index (χ2n) is 8.47. The van der Waals surface area contributed by atoms with Gasteiger partial charge < -0.3 is 5.32 Å². The van der Waals surface area contributed by atoms with E-state index < -0.39 is 0 Å². The minimum atomic E-state index is -0.353. The molecule has 1 N–H and O–H groups in total. The number of hydrogen-bond donors (Lipinski definition) is 1. The molecule has 5 rings (SSSR count). The molecule has 7 nitrogen and oxygen atoms in total. The zero-order valence-electron chi connectivity index (χ0n) is 18.9. The quantitative estimate of drug-likeness (QED) is 0.408. The molecule has 1 atom stereocenters. The van der Waals surface area contributed by atoms with E-state index in [0.717, 1.165) is 29.2 Å². The van der Waals surface area contributed by atoms with Gasteiger partial charge >= 0.3 is 0 Å². The first-order valence-corrected chi connectivity index (χ1v) is 11.4. The molecule has 0 saturated carbocycles. The fourth-order valence-corrected chi connectivity index (χ4v) is 4.19. The Morgan fingerprint density at radius 2 is 1.76 bits per heavy atom. The van der Waals surface area contributed by atoms with Crippen LogP contribution >= 0.6 is 0 Å². The zero-order valence-corrected chi connectivity index (χ0v) is 18.9. The molecule has 7 heteroatoms. The van der Waals surface area contributed by atoms with Crippen molar-refractivity contribution in [3.63, 3.8) is 0 Å². The van der Waals surface area contributed by atoms with Crippen LogP contribution in [0.15, 0.2) is 90.0 Å². The van der Waals surface area contributed by atoms with Gasteiger partial charge in [0, 0.05) is 11.6 Å². The van der Waals surface area contributed by atoms with Crippen LogP contribution < -0.4 is 10.9 Å². The SMILES string of the molecule is CC(CCc1ccccc1)NC(=O)Cn1ncn2nc(-c3cccc4ccccc34)cc2c1=O. The fourth-order valence-electron chi connectivity index (χ4n) is 4.19. The van der Waals surface area contributed by atoms with E-state index >= 15 is 0 Å². The van der Waals surface area contributed by atoms with Crippen LogP contribution in [0.3, 0.4) is 0 Å². The van der Waals surface area contributed by atoms with Gasteiger partial charge in [0.1, 0.15) is 18.4 Å². The molecule has 0 aliphatic rings. The summed E-state index contributed by atoms with van der Waals surface area (Å²) in [5.41, 5.74) is 2.89. The third-order valence-corrected chi connectivity index (χ3v) is 5.96. The summed E-state index contributed by atoms with van der Waals surface area (Å²) in [4.78, 5) is 25.6. The van der Waals surface area contributed by atoms with E-state index in [-0.39, 0.29) is 24.1 Å². The molecule has 1 amide bonds. The third kappa shape index (κ3) is 4.45. The van der Waals surface area contributed by atoms with Crippen molar-refractivity contribution in [2.45, 2.75) is 32.4 Å². The van der Waals surface area contributed by atoms with Gasteiger partial charge in [-0.2, -0.15) is 10.2 Å². The van der Waals surface area contributed by atoms with E-state index in [2.05, 4.69) is 27.6 Å². The van der Waals surface area contributed by atoms with Crippen molar-refractivity contribution in [3.05, 3.63) is 101 Å². The summed E-state index contributed by atoms with van der Waals surface area (Å²) in [6.45, 7) is 1.83. The summed E-state index contributed by atoms with van der Waals surface area (Å²) in [6, 6.07) is 26.0. The molecule has 0 bridgehead atoms. The number of benzene rings is 3. The monoisotopic (exact) mass is 451 g/mol. The van der Waals surface area contributed by atoms with Crippen molar-refractivity contribution >= 4 is 22.2 Å². The Kier molecular flexibility index (Phi) is 5.91. The van der Waals surface area contributed by atoms with Crippen LogP contribution in [-0.4, -0.2) is 31.3 Å². The van der Waals surface area contributed by atoms with Crippen LogP contribution in [0, 0.1) is 0 Å². The van der Waals surface area contributed by atoms with Gasteiger partial charge in [-0.3, -0.25) is 9.59 Å². The lowest BCUT2D eigenvalue weighted by Gasteiger charge is -2.14. The van der Waals surface area contributed by atoms with Crippen LogP contribution in [-0.2, 0) is 17.8 Å². The van der Waals surface area contributed by atoms with Crippen LogP contribution in [0.2, 0.25) is 0 Å². The van der Waals surface area contributed by atoms with Crippen molar-refractivity contribution in [1.82, 2.24) is 24.7 Å². The first-order chi connectivity index (χ1) is 16.6. The summed E-state index contributed by atoms with van der Waals surface area (Å²) in [5.74, 6) is -0.242. The topological polar surface area (TPSA) is 81.3 Å². The summed E-state index contributed by atoms with van der Waals surface area (Å²) < 4.78 is 2.65. The number of amides is 1. The average Bonchev–Trinajstić information content (AvgIpc) is 3.30. The first kappa shape index (κ1) is 21.6. The number of fused-ring (bicyclic) bond motifs is 2. The molecule has 0 radical (unpaired) electrons. The van der Waals surface area contributed by atoms with Crippen molar-refractivity contribution in [2.75, 3.05) is 0 Å². The molecule has 170 valence electrons. The minimum absolute atomic E-state index is 0.0138. The maximum atomic E-state index is 13.0. The van der Waals surface area contributed by atoms with Gasteiger partial charge in [-0.05, 0) is 42.2 Å². The lowest BCUT2D eigenvalue weighted by Crippen LogP contribution is -2.38. The largest absolute Gasteiger partial charge is 0.352 e. The van der Waals surface area contributed by atoms with Crippen molar-refractivity contribution in [2.24, 2.45) is 0 Å². The normalized spacial score (nSPS) is 12.1. The highest BCUT2D eigenvalue weighted by molar-refractivity contribution is 5.96. The van der Waals surface area contributed by atoms with E-state index in [1.807, 2.05) is 67.6 Å². The smallest absolute Gasteiger partial charge is 0.293 e. The van der Waals surface area contributed by atoms with Gasteiger partial charge in [0.25, 0.3) is 5.56 Å². The van der Waals surface area contributed by atoms with E-state index in [1.54, 1.807) is 6.07 Å². The van der Waals surface area contributed by atoms with E-state index in [9.17, 15) is 9.59 Å². The summed E-state index contributed by atoms with van der Waals surface area (Å²) >= 11 is 0. The number of hydrogen-bond acceptors (Lipinski definition) is 4. The molecule has 0 aliphatic carbocycles. The maximum absolute atomic E-state index is 13.0. The van der Waals surface area contributed by atoms with Gasteiger partial charge in [0.05, 0.1) is 5.69 Å². The molecule has 34 heavy (non-hydrogen) atoms. The predicted molar refractivity (Wildman–Crippen MR) is 133 cm³/mol. The van der Waals surface area contributed by atoms with Crippen LogP contribution in [0.25, 0.3) is 27.5 Å². The van der Waals surface area contributed by atoms with E-state index in [0.29, 0.717) is 11.2 Å². The summed E-state index contributed by atoms with van der Waals surface area (Å²) in [6.07, 6.45) is 3.16. The molecule has 2 heterocycles. The molecule has 3 aromatic carbocycles. The molecule has 2 aromatic heterocycles. The van der Waals surface area contributed by atoms with Gasteiger partial charge in [-0.1, -0.05) is 72.8 Å². The first-order valence-electron chi connectivity index (χ1n) is 11.4.